The second kappa shape index (κ2) is 51.8. The Morgan fingerprint density at radius 3 is 0.837 bits per heavy atom. The van der Waals surface area contributed by atoms with Gasteiger partial charge in [0.15, 0.2) is 22.6 Å². The quantitative estimate of drug-likeness (QED) is 0.0860. The van der Waals surface area contributed by atoms with Crippen molar-refractivity contribution < 1.29 is 0 Å². The molecule has 4 aliphatic rings. The van der Waals surface area contributed by atoms with Crippen molar-refractivity contribution in [3.05, 3.63) is 312 Å². The molecule has 11 N–H and O–H groups in total. The highest BCUT2D eigenvalue weighted by atomic mass is 15.4. The molecule has 0 bridgehead atoms. The molecule has 0 saturated heterocycles. The fourth-order valence-electron chi connectivity index (χ4n) is 15.5. The van der Waals surface area contributed by atoms with Gasteiger partial charge in [0.25, 0.3) is 0 Å². The SMILES string of the molecule is CC.CC.CC.CC.CC.CC.CC.CC.Cc1nn(C2Cc3ccccc3C2)c2ncnc(N)c12.Cc1nn(C2Cc3ccccc3C2)c2ncnc(N)c12.Cc1nn(C2Cc3ccccc3C2)c2ncnc(N)c12.Cc1nn(C2Cc3ccccc3C2)c2ncnc(N)c12.c1ccc2[nH]ccc2c1.c1ccc2[nH]ncc2c1.c1cnc2[nH]ccc2c1.c1cncnc1. The van der Waals surface area contributed by atoms with E-state index in [1.165, 1.54) is 87.0 Å². The van der Waals surface area contributed by atoms with Crippen LogP contribution in [0, 0.1) is 27.7 Å². The number of para-hydroxylation sites is 2. The zero-order valence-corrected chi connectivity index (χ0v) is 78.8. The van der Waals surface area contributed by atoms with Crippen LogP contribution in [0.5, 0.6) is 0 Å². The summed E-state index contributed by atoms with van der Waals surface area (Å²) in [4.78, 5) is 51.3. The first-order chi connectivity index (χ1) is 63.3. The van der Waals surface area contributed by atoms with Gasteiger partial charge in [-0.15, -0.1) is 0 Å². The van der Waals surface area contributed by atoms with Gasteiger partial charge >= 0.3 is 0 Å². The van der Waals surface area contributed by atoms with Crippen LogP contribution in [0.1, 0.15) is 202 Å². The van der Waals surface area contributed by atoms with Crippen molar-refractivity contribution in [1.82, 2.24) is 114 Å². The predicted octanol–water partition coefficient (Wildman–Crippen LogP) is 22.2. The summed E-state index contributed by atoms with van der Waals surface area (Å²) >= 11 is 0. The third kappa shape index (κ3) is 24.8. The topological polar surface area (TPSA) is 377 Å². The van der Waals surface area contributed by atoms with Crippen LogP contribution in [0.15, 0.2) is 245 Å². The maximum Gasteiger partial charge on any atom is 0.163 e. The van der Waals surface area contributed by atoms with E-state index >= 15 is 0 Å². The summed E-state index contributed by atoms with van der Waals surface area (Å²) in [6, 6.07) is 61.6. The van der Waals surface area contributed by atoms with E-state index in [1.807, 2.05) is 230 Å². The Balaban J connectivity index is 0.000000182. The van der Waals surface area contributed by atoms with Crippen LogP contribution >= 0.6 is 0 Å². The molecule has 6 aromatic carbocycles. The van der Waals surface area contributed by atoms with Crippen LogP contribution in [-0.4, -0.2) is 114 Å². The fourth-order valence-corrected chi connectivity index (χ4v) is 15.5. The second-order valence-corrected chi connectivity index (χ2v) is 28.1. The molecule has 674 valence electrons. The molecule has 0 fully saturated rings. The van der Waals surface area contributed by atoms with Crippen molar-refractivity contribution in [1.29, 1.82) is 0 Å². The summed E-state index contributed by atoms with van der Waals surface area (Å²) in [6.45, 7) is 39.8. The highest BCUT2D eigenvalue weighted by Crippen LogP contribution is 2.38. The third-order valence-electron chi connectivity index (χ3n) is 20.9. The molecule has 27 heteroatoms. The van der Waals surface area contributed by atoms with Crippen LogP contribution < -0.4 is 22.9 Å². The monoisotopic (exact) mass is 1730 g/mol. The number of hydrogen-bond acceptors (Lipinski definition) is 20. The first-order valence-electron chi connectivity index (χ1n) is 45.4. The fraction of sp³-hybridized carbons (Fsp3) is 0.314. The predicted molar refractivity (Wildman–Crippen MR) is 533 cm³/mol. The molecule has 27 nitrogen and oxygen atoms in total. The minimum Gasteiger partial charge on any atom is -0.383 e. The molecule has 129 heavy (non-hydrogen) atoms. The maximum atomic E-state index is 5.95. The van der Waals surface area contributed by atoms with E-state index in [4.69, 9.17) is 22.9 Å². The lowest BCUT2D eigenvalue weighted by molar-refractivity contribution is 0.484. The third-order valence-corrected chi connectivity index (χ3v) is 20.9. The zero-order valence-electron chi connectivity index (χ0n) is 78.8. The molecule has 0 radical (unpaired) electrons. The Kier molecular flexibility index (Phi) is 40.1. The molecule has 4 aliphatic carbocycles. The summed E-state index contributed by atoms with van der Waals surface area (Å²) in [5.41, 5.74) is 45.2. The van der Waals surface area contributed by atoms with Crippen LogP contribution in [0.25, 0.3) is 77.0 Å². The lowest BCUT2D eigenvalue weighted by Crippen LogP contribution is -2.11. The molecule has 19 aromatic rings. The highest BCUT2D eigenvalue weighted by Gasteiger charge is 2.31. The number of H-pyrrole nitrogens is 3. The molecule has 13 heterocycles. The van der Waals surface area contributed by atoms with Crippen LogP contribution in [0.3, 0.4) is 0 Å². The van der Waals surface area contributed by atoms with Crippen molar-refractivity contribution in [3.8, 4) is 0 Å². The first kappa shape index (κ1) is 99.9. The number of aromatic nitrogens is 23. The van der Waals surface area contributed by atoms with Crippen molar-refractivity contribution in [2.75, 3.05) is 22.9 Å². The number of aromatic amines is 3. The zero-order chi connectivity index (χ0) is 93.3. The number of nitrogens with one attached hydrogen (secondary N) is 3. The number of nitrogens with two attached hydrogens (primary N) is 4. The second-order valence-electron chi connectivity index (χ2n) is 28.1. The molecular formula is C102H131N27. The van der Waals surface area contributed by atoms with E-state index in [-0.39, 0.29) is 0 Å². The van der Waals surface area contributed by atoms with Gasteiger partial charge < -0.3 is 32.9 Å². The van der Waals surface area contributed by atoms with Gasteiger partial charge in [0, 0.05) is 47.3 Å². The highest BCUT2D eigenvalue weighted by molar-refractivity contribution is 5.91. The van der Waals surface area contributed by atoms with Gasteiger partial charge in [-0.1, -0.05) is 244 Å². The number of anilines is 4. The lowest BCUT2D eigenvalue weighted by Gasteiger charge is -2.10. The van der Waals surface area contributed by atoms with Gasteiger partial charge in [0.2, 0.25) is 0 Å². The Bertz CT molecular complexity index is 5570. The molecule has 0 aliphatic heterocycles. The van der Waals surface area contributed by atoms with Gasteiger partial charge in [-0.2, -0.15) is 25.5 Å². The van der Waals surface area contributed by atoms with E-state index in [2.05, 4.69) is 211 Å². The number of pyridine rings is 1. The van der Waals surface area contributed by atoms with Gasteiger partial charge in [0.1, 0.15) is 60.6 Å². The molecule has 0 amide bonds. The summed E-state index contributed by atoms with van der Waals surface area (Å²) in [7, 11) is 0. The van der Waals surface area contributed by atoms with Gasteiger partial charge in [0.05, 0.1) is 80.2 Å². The van der Waals surface area contributed by atoms with Crippen LogP contribution in [-0.2, 0) is 51.4 Å². The molecule has 0 spiro atoms. The van der Waals surface area contributed by atoms with E-state index in [0.717, 1.165) is 140 Å². The number of nitrogens with zero attached hydrogens (tertiary/aromatic N) is 20. The van der Waals surface area contributed by atoms with Gasteiger partial charge in [-0.05, 0) is 171 Å². The Morgan fingerprint density at radius 2 is 0.550 bits per heavy atom. The average molecular weight is 1740 g/mol. The average Bonchev–Trinajstić information content (AvgIpc) is 1.63. The van der Waals surface area contributed by atoms with E-state index < -0.39 is 0 Å². The van der Waals surface area contributed by atoms with E-state index in [9.17, 15) is 0 Å². The Hall–Kier alpha value is -14.5. The van der Waals surface area contributed by atoms with Crippen molar-refractivity contribution in [3.63, 3.8) is 0 Å². The van der Waals surface area contributed by atoms with Crippen LogP contribution in [0.4, 0.5) is 23.3 Å². The Morgan fingerprint density at radius 1 is 0.271 bits per heavy atom. The smallest absolute Gasteiger partial charge is 0.163 e. The maximum absolute atomic E-state index is 5.95. The van der Waals surface area contributed by atoms with Crippen molar-refractivity contribution in [2.45, 2.75) is 214 Å². The minimum atomic E-state index is 0.318. The molecule has 0 atom stereocenters. The minimum absolute atomic E-state index is 0.318. The van der Waals surface area contributed by atoms with E-state index in [0.29, 0.717) is 47.4 Å². The first-order valence-corrected chi connectivity index (χ1v) is 45.4. The number of benzene rings is 6. The number of rotatable bonds is 4. The molecular weight excluding hydrogens is 1600 g/mol. The van der Waals surface area contributed by atoms with E-state index in [1.54, 1.807) is 24.7 Å². The number of nitrogen functional groups attached to an aromatic ring is 4. The molecule has 13 aromatic heterocycles. The number of hydrogen-bond donors (Lipinski definition) is 7. The van der Waals surface area contributed by atoms with Crippen molar-refractivity contribution >= 4 is 100 Å². The standard InChI is InChI=1S/4C15H15N5.C8H7N.2C7H6N2.C4H4N2.8C2H6/c4*1-9-13-14(16)17-8-18-15(13)20(19-9)12-6-10-4-2-3-5-11(10)7-12;1-2-4-8-7(3-1)5-6-9-8;1-2-6-3-5-9-7(6)8-4-1;1-2-4-7-6(3-1)5-8-9-7;1-2-5-4-6-3-1;8*1-2/h4*2-5,8,12H,6-7H2,1H3,(H2,16,17,18);1-6,9H;2*1-5H,(H,8,9);1-4H;8*1-2H3. The summed E-state index contributed by atoms with van der Waals surface area (Å²) in [5.74, 6) is 2.03. The van der Waals surface area contributed by atoms with Gasteiger partial charge in [-0.3, -0.25) is 5.10 Å². The summed E-state index contributed by atoms with van der Waals surface area (Å²) in [6.07, 6.45) is 26.3. The normalized spacial score (nSPS) is 12.1. The van der Waals surface area contributed by atoms with Crippen molar-refractivity contribution in [2.24, 2.45) is 0 Å². The molecule has 0 unspecified atom stereocenters. The molecule has 0 saturated carbocycles. The summed E-state index contributed by atoms with van der Waals surface area (Å²) in [5, 5.41) is 32.5. The number of aryl methyl sites for hydroxylation is 4. The largest absolute Gasteiger partial charge is 0.383 e. The van der Waals surface area contributed by atoms with Gasteiger partial charge in [-0.25, -0.2) is 73.6 Å². The number of fused-ring (bicyclic) bond motifs is 11. The Labute approximate surface area is 759 Å². The molecule has 23 rings (SSSR count). The van der Waals surface area contributed by atoms with Crippen LogP contribution in [0.2, 0.25) is 0 Å². The lowest BCUT2D eigenvalue weighted by atomic mass is 10.1. The summed E-state index contributed by atoms with van der Waals surface area (Å²) < 4.78 is 8.07.